The van der Waals surface area contributed by atoms with Crippen LogP contribution in [0.4, 0.5) is 5.69 Å². The minimum Gasteiger partial charge on any atom is -0.454 e. The highest BCUT2D eigenvalue weighted by Gasteiger charge is 2.42. The monoisotopic (exact) mass is 392 g/mol. The molecule has 2 atom stereocenters. The normalized spacial score (nSPS) is 20.5. The van der Waals surface area contributed by atoms with Crippen LogP contribution in [0.5, 0.6) is 11.5 Å². The molecule has 1 fully saturated rings. The Labute approximate surface area is 168 Å². The lowest BCUT2D eigenvalue weighted by Gasteiger charge is -2.28. The van der Waals surface area contributed by atoms with Crippen LogP contribution in [-0.2, 0) is 6.54 Å². The molecule has 28 heavy (non-hydrogen) atoms. The molecule has 0 amide bonds. The Morgan fingerprint density at radius 1 is 1.14 bits per heavy atom. The van der Waals surface area contributed by atoms with Gasteiger partial charge in [0, 0.05) is 36.4 Å². The van der Waals surface area contributed by atoms with Crippen LogP contribution in [0.25, 0.3) is 0 Å². The van der Waals surface area contributed by atoms with E-state index in [0.29, 0.717) is 5.11 Å². The summed E-state index contributed by atoms with van der Waals surface area (Å²) in [6, 6.07) is 16.1. The SMILES string of the molecule is CCn1cccc1C1C(c2ccccn2)NC(=S)N1c1ccc2c(c1)OCO2. The number of aryl methyl sites for hydroxylation is 1. The first-order valence-electron chi connectivity index (χ1n) is 9.31. The van der Waals surface area contributed by atoms with E-state index in [4.69, 9.17) is 21.7 Å². The summed E-state index contributed by atoms with van der Waals surface area (Å²) in [7, 11) is 0. The van der Waals surface area contributed by atoms with Gasteiger partial charge in [-0.05, 0) is 55.5 Å². The molecule has 2 aliphatic rings. The Balaban J connectivity index is 1.63. The number of rotatable bonds is 4. The quantitative estimate of drug-likeness (QED) is 0.682. The number of nitrogens with zero attached hydrogens (tertiary/aromatic N) is 3. The summed E-state index contributed by atoms with van der Waals surface area (Å²) >= 11 is 5.76. The van der Waals surface area contributed by atoms with Crippen LogP contribution in [0.2, 0.25) is 0 Å². The van der Waals surface area contributed by atoms with Gasteiger partial charge in [-0.25, -0.2) is 0 Å². The van der Waals surface area contributed by atoms with E-state index < -0.39 is 0 Å². The van der Waals surface area contributed by atoms with E-state index in [9.17, 15) is 0 Å². The molecular formula is C21H20N4O2S. The molecule has 2 unspecified atom stereocenters. The third-order valence-corrected chi connectivity index (χ3v) is 5.56. The molecule has 3 aromatic rings. The summed E-state index contributed by atoms with van der Waals surface area (Å²) in [6.07, 6.45) is 3.92. The van der Waals surface area contributed by atoms with Gasteiger partial charge >= 0.3 is 0 Å². The molecule has 0 spiro atoms. The molecule has 1 aromatic carbocycles. The minimum atomic E-state index is -0.0562. The van der Waals surface area contributed by atoms with Crippen molar-refractivity contribution in [1.29, 1.82) is 0 Å². The Morgan fingerprint density at radius 3 is 2.86 bits per heavy atom. The van der Waals surface area contributed by atoms with Gasteiger partial charge in [0.1, 0.15) is 6.04 Å². The largest absolute Gasteiger partial charge is 0.454 e. The summed E-state index contributed by atoms with van der Waals surface area (Å²) in [5.74, 6) is 1.50. The van der Waals surface area contributed by atoms with E-state index >= 15 is 0 Å². The van der Waals surface area contributed by atoms with Gasteiger partial charge < -0.3 is 24.3 Å². The highest BCUT2D eigenvalue weighted by molar-refractivity contribution is 7.80. The average molecular weight is 392 g/mol. The van der Waals surface area contributed by atoms with Crippen LogP contribution in [-0.4, -0.2) is 21.5 Å². The van der Waals surface area contributed by atoms with E-state index in [1.54, 1.807) is 0 Å². The van der Waals surface area contributed by atoms with Crippen LogP contribution in [0, 0.1) is 0 Å². The Kier molecular flexibility index (Phi) is 4.16. The second-order valence-corrected chi connectivity index (χ2v) is 7.14. The molecule has 1 saturated heterocycles. The number of thiocarbonyl (C=S) groups is 1. The second-order valence-electron chi connectivity index (χ2n) is 6.75. The topological polar surface area (TPSA) is 51.6 Å². The van der Waals surface area contributed by atoms with Gasteiger partial charge in [0.2, 0.25) is 6.79 Å². The van der Waals surface area contributed by atoms with E-state index in [1.165, 1.54) is 5.69 Å². The maximum atomic E-state index is 5.76. The lowest BCUT2D eigenvalue weighted by Crippen LogP contribution is -2.30. The smallest absolute Gasteiger partial charge is 0.231 e. The third kappa shape index (κ3) is 2.70. The zero-order valence-corrected chi connectivity index (χ0v) is 16.2. The first-order chi connectivity index (χ1) is 13.8. The molecule has 0 saturated carbocycles. The number of nitrogens with one attached hydrogen (secondary N) is 1. The number of aromatic nitrogens is 2. The number of hydrogen-bond donors (Lipinski definition) is 1. The maximum absolute atomic E-state index is 5.76. The number of fused-ring (bicyclic) bond motifs is 1. The zero-order chi connectivity index (χ0) is 19.1. The van der Waals surface area contributed by atoms with Crippen molar-refractivity contribution in [3.8, 4) is 11.5 Å². The maximum Gasteiger partial charge on any atom is 0.231 e. The van der Waals surface area contributed by atoms with Crippen molar-refractivity contribution in [2.24, 2.45) is 0 Å². The van der Waals surface area contributed by atoms with E-state index in [1.807, 2.05) is 42.6 Å². The van der Waals surface area contributed by atoms with Crippen LogP contribution in [0.3, 0.4) is 0 Å². The molecule has 4 heterocycles. The zero-order valence-electron chi connectivity index (χ0n) is 15.4. The highest BCUT2D eigenvalue weighted by atomic mass is 32.1. The number of hydrogen-bond acceptors (Lipinski definition) is 4. The Morgan fingerprint density at radius 2 is 2.04 bits per heavy atom. The van der Waals surface area contributed by atoms with Crippen LogP contribution in [0.1, 0.15) is 30.4 Å². The van der Waals surface area contributed by atoms with E-state index in [2.05, 4.69) is 45.0 Å². The van der Waals surface area contributed by atoms with Crippen molar-refractivity contribution in [3.05, 3.63) is 72.3 Å². The highest BCUT2D eigenvalue weighted by Crippen LogP contribution is 2.44. The lowest BCUT2D eigenvalue weighted by atomic mass is 10.0. The van der Waals surface area contributed by atoms with E-state index in [0.717, 1.165) is 29.4 Å². The number of pyridine rings is 1. The minimum absolute atomic E-state index is 0.0299. The Bertz CT molecular complexity index is 1020. The Hall–Kier alpha value is -3.06. The summed E-state index contributed by atoms with van der Waals surface area (Å²) in [4.78, 5) is 6.74. The second kappa shape index (κ2) is 6.83. The summed E-state index contributed by atoms with van der Waals surface area (Å²) in [5, 5.41) is 4.16. The fourth-order valence-electron chi connectivity index (χ4n) is 3.95. The third-order valence-electron chi connectivity index (χ3n) is 5.24. The molecule has 2 aromatic heterocycles. The molecule has 0 radical (unpaired) electrons. The summed E-state index contributed by atoms with van der Waals surface area (Å²) in [6.45, 7) is 3.28. The first-order valence-corrected chi connectivity index (χ1v) is 9.72. The van der Waals surface area contributed by atoms with Gasteiger partial charge in [-0.2, -0.15) is 0 Å². The molecule has 0 bridgehead atoms. The summed E-state index contributed by atoms with van der Waals surface area (Å²) < 4.78 is 13.3. The molecule has 0 aliphatic carbocycles. The van der Waals surface area contributed by atoms with Crippen LogP contribution in [0.15, 0.2) is 60.9 Å². The molecule has 5 rings (SSSR count). The van der Waals surface area contributed by atoms with E-state index in [-0.39, 0.29) is 18.9 Å². The molecule has 1 N–H and O–H groups in total. The first kappa shape index (κ1) is 17.1. The molecule has 6 nitrogen and oxygen atoms in total. The van der Waals surface area contributed by atoms with Crippen molar-refractivity contribution in [3.63, 3.8) is 0 Å². The number of ether oxygens (including phenoxy) is 2. The van der Waals surface area contributed by atoms with Gasteiger partial charge in [-0.15, -0.1) is 0 Å². The predicted molar refractivity (Wildman–Crippen MR) is 111 cm³/mol. The van der Waals surface area contributed by atoms with Crippen molar-refractivity contribution in [1.82, 2.24) is 14.9 Å². The number of anilines is 1. The summed E-state index contributed by atoms with van der Waals surface area (Å²) in [5.41, 5.74) is 3.11. The fourth-order valence-corrected chi connectivity index (χ4v) is 4.30. The standard InChI is InChI=1S/C21H20N4O2S/c1-2-24-11-5-7-16(24)20-19(15-6-3-4-10-22-15)23-21(28)25(20)14-8-9-17-18(12-14)27-13-26-17/h3-12,19-20H,2,13H2,1H3,(H,23,28). The average Bonchev–Trinajstić information content (AvgIpc) is 3.45. The van der Waals surface area contributed by atoms with Crippen molar-refractivity contribution in [2.45, 2.75) is 25.6 Å². The lowest BCUT2D eigenvalue weighted by molar-refractivity contribution is 0.174. The van der Waals surface area contributed by atoms with Crippen molar-refractivity contribution >= 4 is 23.0 Å². The molecule has 142 valence electrons. The molecule has 7 heteroatoms. The van der Waals surface area contributed by atoms with Gasteiger partial charge in [0.15, 0.2) is 16.6 Å². The van der Waals surface area contributed by atoms with Crippen LogP contribution >= 0.6 is 12.2 Å². The van der Waals surface area contributed by atoms with Gasteiger partial charge in [0.05, 0.1) is 11.7 Å². The van der Waals surface area contributed by atoms with Gasteiger partial charge in [0.25, 0.3) is 0 Å². The van der Waals surface area contributed by atoms with Crippen LogP contribution < -0.4 is 19.7 Å². The number of benzene rings is 1. The molecule has 2 aliphatic heterocycles. The molecular weight excluding hydrogens is 372 g/mol. The fraction of sp³-hybridized carbons (Fsp3) is 0.238. The van der Waals surface area contributed by atoms with Crippen molar-refractivity contribution < 1.29 is 9.47 Å². The van der Waals surface area contributed by atoms with Crippen molar-refractivity contribution in [2.75, 3.05) is 11.7 Å². The van der Waals surface area contributed by atoms with Gasteiger partial charge in [-0.1, -0.05) is 6.07 Å². The van der Waals surface area contributed by atoms with Gasteiger partial charge in [-0.3, -0.25) is 4.98 Å². The predicted octanol–water partition coefficient (Wildman–Crippen LogP) is 3.81.